The van der Waals surface area contributed by atoms with E-state index in [9.17, 15) is 4.39 Å². The fourth-order valence-electron chi connectivity index (χ4n) is 2.64. The molecule has 2 rings (SSSR count). The lowest BCUT2D eigenvalue weighted by molar-refractivity contribution is 0.576. The summed E-state index contributed by atoms with van der Waals surface area (Å²) in [7, 11) is 0. The molecule has 1 aliphatic heterocycles. The normalized spacial score (nSPS) is 14.5. The Morgan fingerprint density at radius 3 is 2.80 bits per heavy atom. The lowest BCUT2D eigenvalue weighted by Gasteiger charge is -2.22. The summed E-state index contributed by atoms with van der Waals surface area (Å²) in [6, 6.07) is 7.48. The zero-order valence-corrected chi connectivity index (χ0v) is 11.9. The van der Waals surface area contributed by atoms with Crippen molar-refractivity contribution in [1.29, 1.82) is 5.26 Å². The molecule has 0 saturated carbocycles. The number of nitrogens with zero attached hydrogens (tertiary/aromatic N) is 2. The molecule has 1 N–H and O–H groups in total. The van der Waals surface area contributed by atoms with Crippen LogP contribution in [0.5, 0.6) is 0 Å². The maximum Gasteiger partial charge on any atom is 0.129 e. The first-order valence-electron chi connectivity index (χ1n) is 7.43. The minimum Gasteiger partial charge on any atom is -0.371 e. The van der Waals surface area contributed by atoms with Crippen LogP contribution in [0.25, 0.3) is 0 Å². The van der Waals surface area contributed by atoms with Crippen LogP contribution < -0.4 is 10.2 Å². The Bertz CT molecular complexity index is 461. The van der Waals surface area contributed by atoms with Crippen molar-refractivity contribution in [1.82, 2.24) is 5.32 Å². The van der Waals surface area contributed by atoms with E-state index in [-0.39, 0.29) is 5.82 Å². The molecular weight excluding hydrogens is 253 g/mol. The summed E-state index contributed by atoms with van der Waals surface area (Å²) < 4.78 is 14.0. The minimum atomic E-state index is -0.126. The Kier molecular flexibility index (Phi) is 5.82. The summed E-state index contributed by atoms with van der Waals surface area (Å²) in [5.41, 5.74) is 1.81. The molecule has 1 aromatic carbocycles. The average Bonchev–Trinajstić information content (AvgIpc) is 2.98. The second-order valence-corrected chi connectivity index (χ2v) is 5.22. The number of halogens is 1. The molecule has 4 heteroatoms. The average molecular weight is 275 g/mol. The van der Waals surface area contributed by atoms with Crippen molar-refractivity contribution in [3.63, 3.8) is 0 Å². The number of benzene rings is 1. The maximum absolute atomic E-state index is 14.0. The predicted octanol–water partition coefficient (Wildman–Crippen LogP) is 3.21. The van der Waals surface area contributed by atoms with Gasteiger partial charge in [0, 0.05) is 37.3 Å². The Hall–Kier alpha value is -1.60. The largest absolute Gasteiger partial charge is 0.371 e. The van der Waals surface area contributed by atoms with Crippen LogP contribution in [0.2, 0.25) is 0 Å². The minimum absolute atomic E-state index is 0.126. The van der Waals surface area contributed by atoms with Crippen molar-refractivity contribution in [2.75, 3.05) is 24.5 Å². The highest BCUT2D eigenvalue weighted by Gasteiger charge is 2.17. The van der Waals surface area contributed by atoms with Gasteiger partial charge in [0.25, 0.3) is 0 Å². The first-order valence-corrected chi connectivity index (χ1v) is 7.43. The van der Waals surface area contributed by atoms with E-state index in [0.717, 1.165) is 43.7 Å². The highest BCUT2D eigenvalue weighted by molar-refractivity contribution is 5.54. The van der Waals surface area contributed by atoms with Gasteiger partial charge in [0.1, 0.15) is 5.82 Å². The Morgan fingerprint density at radius 2 is 2.05 bits per heavy atom. The van der Waals surface area contributed by atoms with Crippen molar-refractivity contribution in [2.45, 2.75) is 38.6 Å². The molecule has 0 atom stereocenters. The molecule has 108 valence electrons. The SMILES string of the molecule is N#CCCCCNCc1c(F)cccc1N1CCCC1. The monoisotopic (exact) mass is 275 g/mol. The molecule has 0 aromatic heterocycles. The van der Waals surface area contributed by atoms with Gasteiger partial charge in [0.05, 0.1) is 6.07 Å². The Balaban J connectivity index is 1.91. The number of rotatable bonds is 7. The van der Waals surface area contributed by atoms with Crippen LogP contribution in [0.15, 0.2) is 18.2 Å². The van der Waals surface area contributed by atoms with E-state index in [0.29, 0.717) is 13.0 Å². The van der Waals surface area contributed by atoms with Crippen molar-refractivity contribution < 1.29 is 4.39 Å². The van der Waals surface area contributed by atoms with Crippen LogP contribution in [0.3, 0.4) is 0 Å². The molecule has 0 spiro atoms. The third-order valence-electron chi connectivity index (χ3n) is 3.73. The van der Waals surface area contributed by atoms with Crippen molar-refractivity contribution in [3.05, 3.63) is 29.6 Å². The third kappa shape index (κ3) is 3.94. The number of nitrogens with one attached hydrogen (secondary N) is 1. The molecule has 3 nitrogen and oxygen atoms in total. The fourth-order valence-corrected chi connectivity index (χ4v) is 2.64. The summed E-state index contributed by atoms with van der Waals surface area (Å²) in [6.07, 6.45) is 4.84. The summed E-state index contributed by atoms with van der Waals surface area (Å²) in [4.78, 5) is 2.27. The predicted molar refractivity (Wildman–Crippen MR) is 79.0 cm³/mol. The van der Waals surface area contributed by atoms with Crippen molar-refractivity contribution in [2.24, 2.45) is 0 Å². The molecule has 0 bridgehead atoms. The molecule has 1 heterocycles. The smallest absolute Gasteiger partial charge is 0.129 e. The van der Waals surface area contributed by atoms with Gasteiger partial charge in [-0.1, -0.05) is 6.07 Å². The van der Waals surface area contributed by atoms with E-state index in [1.54, 1.807) is 6.07 Å². The van der Waals surface area contributed by atoms with Gasteiger partial charge in [-0.2, -0.15) is 5.26 Å². The van der Waals surface area contributed by atoms with Gasteiger partial charge in [-0.15, -0.1) is 0 Å². The number of hydrogen-bond acceptors (Lipinski definition) is 3. The Labute approximate surface area is 120 Å². The van der Waals surface area contributed by atoms with Crippen molar-refractivity contribution in [3.8, 4) is 6.07 Å². The molecule has 0 aliphatic carbocycles. The molecule has 1 fully saturated rings. The van der Waals surface area contributed by atoms with Crippen LogP contribution in [0, 0.1) is 17.1 Å². The first-order chi connectivity index (χ1) is 9.83. The zero-order valence-electron chi connectivity index (χ0n) is 11.9. The van der Waals surface area contributed by atoms with Crippen LogP contribution in [0.4, 0.5) is 10.1 Å². The van der Waals surface area contributed by atoms with Gasteiger partial charge in [-0.25, -0.2) is 4.39 Å². The molecule has 1 aromatic rings. The number of nitriles is 1. The summed E-state index contributed by atoms with van der Waals surface area (Å²) >= 11 is 0. The molecular formula is C16H22FN3. The number of anilines is 1. The van der Waals surface area contributed by atoms with Crippen LogP contribution in [0.1, 0.15) is 37.7 Å². The van der Waals surface area contributed by atoms with Crippen LogP contribution in [-0.2, 0) is 6.54 Å². The lowest BCUT2D eigenvalue weighted by atomic mass is 10.1. The number of hydrogen-bond donors (Lipinski definition) is 1. The Morgan fingerprint density at radius 1 is 1.25 bits per heavy atom. The molecule has 0 amide bonds. The standard InChI is InChI=1S/C16H22FN3/c17-15-7-6-8-16(20-11-4-5-12-20)14(15)13-19-10-3-1-2-9-18/h6-8,19H,1-5,10-13H2. The van der Waals surface area contributed by atoms with E-state index in [1.807, 2.05) is 6.07 Å². The molecule has 1 saturated heterocycles. The van der Waals surface area contributed by atoms with Gasteiger partial charge < -0.3 is 10.2 Å². The summed E-state index contributed by atoms with van der Waals surface area (Å²) in [6.45, 7) is 3.44. The summed E-state index contributed by atoms with van der Waals surface area (Å²) in [5.74, 6) is -0.126. The quantitative estimate of drug-likeness (QED) is 0.777. The van der Waals surface area contributed by atoms with E-state index < -0.39 is 0 Å². The lowest BCUT2D eigenvalue weighted by Crippen LogP contribution is -2.23. The van der Waals surface area contributed by atoms with Crippen molar-refractivity contribution >= 4 is 5.69 Å². The highest BCUT2D eigenvalue weighted by Crippen LogP contribution is 2.26. The van der Waals surface area contributed by atoms with Gasteiger partial charge in [0.15, 0.2) is 0 Å². The van der Waals surface area contributed by atoms with E-state index in [2.05, 4.69) is 16.3 Å². The van der Waals surface area contributed by atoms with E-state index >= 15 is 0 Å². The maximum atomic E-state index is 14.0. The number of unbranched alkanes of at least 4 members (excludes halogenated alkanes) is 2. The molecule has 0 radical (unpaired) electrons. The molecule has 1 aliphatic rings. The zero-order chi connectivity index (χ0) is 14.2. The van der Waals surface area contributed by atoms with Gasteiger partial charge in [-0.05, 0) is 44.4 Å². The fraction of sp³-hybridized carbons (Fsp3) is 0.562. The highest BCUT2D eigenvalue weighted by atomic mass is 19.1. The molecule has 0 unspecified atom stereocenters. The van der Waals surface area contributed by atoms with E-state index in [4.69, 9.17) is 5.26 Å². The van der Waals surface area contributed by atoms with Gasteiger partial charge >= 0.3 is 0 Å². The second-order valence-electron chi connectivity index (χ2n) is 5.22. The van der Waals surface area contributed by atoms with E-state index in [1.165, 1.54) is 18.9 Å². The van der Waals surface area contributed by atoms with Crippen LogP contribution >= 0.6 is 0 Å². The molecule has 20 heavy (non-hydrogen) atoms. The second kappa shape index (κ2) is 7.86. The topological polar surface area (TPSA) is 39.1 Å². The first kappa shape index (κ1) is 14.8. The van der Waals surface area contributed by atoms with Gasteiger partial charge in [0.2, 0.25) is 0 Å². The summed E-state index contributed by atoms with van der Waals surface area (Å²) in [5, 5.41) is 11.8. The van der Waals surface area contributed by atoms with Crippen LogP contribution in [-0.4, -0.2) is 19.6 Å². The third-order valence-corrected chi connectivity index (χ3v) is 3.73. The van der Waals surface area contributed by atoms with Gasteiger partial charge in [-0.3, -0.25) is 0 Å².